The van der Waals surface area contributed by atoms with Crippen LogP contribution >= 0.6 is 0 Å². The maximum absolute atomic E-state index is 12.6. The van der Waals surface area contributed by atoms with Crippen molar-refractivity contribution in [2.75, 3.05) is 31.1 Å². The first kappa shape index (κ1) is 18.9. The molecule has 1 aliphatic heterocycles. The zero-order chi connectivity index (χ0) is 20.5. The molecule has 150 valence electrons. The highest BCUT2D eigenvalue weighted by molar-refractivity contribution is 5.92. The molecule has 3 heterocycles. The highest BCUT2D eigenvalue weighted by Gasteiger charge is 2.23. The molecule has 1 amide bonds. The smallest absolute Gasteiger partial charge is 0.270 e. The van der Waals surface area contributed by atoms with E-state index < -0.39 is 0 Å². The van der Waals surface area contributed by atoms with Crippen molar-refractivity contribution in [3.63, 3.8) is 0 Å². The predicted octanol–water partition coefficient (Wildman–Crippen LogP) is 1.63. The van der Waals surface area contributed by atoms with Crippen molar-refractivity contribution >= 4 is 22.5 Å². The first-order valence-corrected chi connectivity index (χ1v) is 9.68. The van der Waals surface area contributed by atoms with Crippen LogP contribution in [0.4, 0.5) is 5.69 Å². The minimum Gasteiger partial charge on any atom is -0.368 e. The Labute approximate surface area is 167 Å². The summed E-state index contributed by atoms with van der Waals surface area (Å²) >= 11 is 0. The van der Waals surface area contributed by atoms with Crippen molar-refractivity contribution in [3.8, 4) is 0 Å². The highest BCUT2D eigenvalue weighted by atomic mass is 16.2. The van der Waals surface area contributed by atoms with Gasteiger partial charge in [-0.1, -0.05) is 6.07 Å². The monoisotopic (exact) mass is 393 g/mol. The van der Waals surface area contributed by atoms with Crippen LogP contribution in [0.3, 0.4) is 0 Å². The Bertz CT molecular complexity index is 1170. The van der Waals surface area contributed by atoms with E-state index in [1.165, 1.54) is 6.07 Å². The molecule has 0 spiro atoms. The molecule has 0 saturated carbocycles. The normalized spacial score (nSPS) is 14.6. The number of anilines is 1. The van der Waals surface area contributed by atoms with Crippen molar-refractivity contribution in [3.05, 3.63) is 69.1 Å². The summed E-state index contributed by atoms with van der Waals surface area (Å²) in [5.74, 6) is -0.170. The predicted molar refractivity (Wildman–Crippen MR) is 112 cm³/mol. The summed E-state index contributed by atoms with van der Waals surface area (Å²) in [6.07, 6.45) is 1.59. The molecular formula is C21H23N5O3. The molecule has 0 atom stereocenters. The summed E-state index contributed by atoms with van der Waals surface area (Å²) in [6, 6.07) is 10.3. The number of carbonyl (C=O) groups is 1. The van der Waals surface area contributed by atoms with Crippen molar-refractivity contribution in [2.45, 2.75) is 19.9 Å². The van der Waals surface area contributed by atoms with Crippen LogP contribution < -0.4 is 16.0 Å². The molecule has 0 bridgehead atoms. The number of rotatable bonds is 3. The Hall–Kier alpha value is -3.42. The van der Waals surface area contributed by atoms with Gasteiger partial charge in [0, 0.05) is 44.0 Å². The zero-order valence-electron chi connectivity index (χ0n) is 16.5. The van der Waals surface area contributed by atoms with Gasteiger partial charge in [-0.15, -0.1) is 0 Å². The Morgan fingerprint density at radius 2 is 1.83 bits per heavy atom. The van der Waals surface area contributed by atoms with Crippen LogP contribution in [0.25, 0.3) is 10.9 Å². The maximum Gasteiger partial charge on any atom is 0.270 e. The van der Waals surface area contributed by atoms with E-state index in [0.717, 1.165) is 5.69 Å². The number of amides is 1. The number of hydrogen-bond acceptors (Lipinski definition) is 5. The lowest BCUT2D eigenvalue weighted by Crippen LogP contribution is -2.49. The van der Waals surface area contributed by atoms with Gasteiger partial charge in [0.25, 0.3) is 11.5 Å². The Morgan fingerprint density at radius 3 is 2.52 bits per heavy atom. The summed E-state index contributed by atoms with van der Waals surface area (Å²) < 4.78 is 1.63. The number of aromatic nitrogens is 3. The topological polar surface area (TPSA) is 91.3 Å². The van der Waals surface area contributed by atoms with Crippen LogP contribution in [0.5, 0.6) is 0 Å². The van der Waals surface area contributed by atoms with E-state index in [1.54, 1.807) is 27.9 Å². The van der Waals surface area contributed by atoms with Crippen molar-refractivity contribution < 1.29 is 4.79 Å². The van der Waals surface area contributed by atoms with E-state index in [-0.39, 0.29) is 23.1 Å². The molecule has 8 heteroatoms. The number of H-pyrrole nitrogens is 1. The number of benzene rings is 1. The lowest BCUT2D eigenvalue weighted by Gasteiger charge is -2.36. The fraction of sp³-hybridized carbons (Fsp3) is 0.333. The third-order valence-corrected chi connectivity index (χ3v) is 5.25. The first-order valence-electron chi connectivity index (χ1n) is 9.68. The van der Waals surface area contributed by atoms with Gasteiger partial charge in [0.15, 0.2) is 0 Å². The summed E-state index contributed by atoms with van der Waals surface area (Å²) in [6.45, 7) is 6.34. The fourth-order valence-corrected chi connectivity index (χ4v) is 3.60. The lowest BCUT2D eigenvalue weighted by molar-refractivity contribution is 0.0740. The average molecular weight is 393 g/mol. The minimum absolute atomic E-state index is 0.0381. The van der Waals surface area contributed by atoms with Gasteiger partial charge in [-0.2, -0.15) is 0 Å². The largest absolute Gasteiger partial charge is 0.368 e. The fourth-order valence-electron chi connectivity index (χ4n) is 3.60. The van der Waals surface area contributed by atoms with Crippen LogP contribution in [0.1, 0.15) is 30.4 Å². The van der Waals surface area contributed by atoms with E-state index in [2.05, 4.69) is 14.9 Å². The minimum atomic E-state index is -0.283. The summed E-state index contributed by atoms with van der Waals surface area (Å²) in [5.41, 5.74) is 1.64. The van der Waals surface area contributed by atoms with Gasteiger partial charge in [0.1, 0.15) is 5.69 Å². The molecule has 3 aromatic rings. The van der Waals surface area contributed by atoms with Gasteiger partial charge in [-0.25, -0.2) is 4.98 Å². The second-order valence-electron chi connectivity index (χ2n) is 7.46. The lowest BCUT2D eigenvalue weighted by atomic mass is 10.2. The number of fused-ring (bicyclic) bond motifs is 1. The number of carbonyl (C=O) groups excluding carboxylic acids is 1. The number of hydrogen-bond donors (Lipinski definition) is 1. The maximum atomic E-state index is 12.6. The average Bonchev–Trinajstić information content (AvgIpc) is 2.73. The van der Waals surface area contributed by atoms with Gasteiger partial charge < -0.3 is 14.8 Å². The standard InChI is InChI=1S/C21H23N5O3/c1-14(2)26-13-22-18-12-15(6-7-16(18)20(26)28)24-8-10-25(11-9-24)21(29)17-4-3-5-19(27)23-17/h3-7,12-14H,8-11H2,1-2H3,(H,23,27). The van der Waals surface area contributed by atoms with Gasteiger partial charge >= 0.3 is 0 Å². The van der Waals surface area contributed by atoms with Crippen LogP contribution in [0.15, 0.2) is 52.3 Å². The number of aromatic amines is 1. The van der Waals surface area contributed by atoms with E-state index in [9.17, 15) is 14.4 Å². The molecule has 1 aliphatic rings. The molecule has 0 unspecified atom stereocenters. The van der Waals surface area contributed by atoms with Gasteiger partial charge in [0.05, 0.1) is 17.2 Å². The van der Waals surface area contributed by atoms with E-state index in [1.807, 2.05) is 32.0 Å². The highest BCUT2D eigenvalue weighted by Crippen LogP contribution is 2.21. The Balaban J connectivity index is 1.50. The molecule has 1 fully saturated rings. The number of nitrogens with zero attached hydrogens (tertiary/aromatic N) is 4. The van der Waals surface area contributed by atoms with Gasteiger partial charge in [-0.05, 0) is 38.1 Å². The number of piperazine rings is 1. The first-order chi connectivity index (χ1) is 13.9. The van der Waals surface area contributed by atoms with Crippen molar-refractivity contribution in [1.29, 1.82) is 0 Å². The molecule has 1 saturated heterocycles. The quantitative estimate of drug-likeness (QED) is 0.730. The summed E-state index contributed by atoms with van der Waals surface area (Å²) in [4.78, 5) is 47.5. The molecule has 0 aliphatic carbocycles. The van der Waals surface area contributed by atoms with E-state index in [0.29, 0.717) is 42.8 Å². The van der Waals surface area contributed by atoms with Crippen molar-refractivity contribution in [2.24, 2.45) is 0 Å². The molecule has 4 rings (SSSR count). The molecule has 29 heavy (non-hydrogen) atoms. The molecule has 2 aromatic heterocycles. The van der Waals surface area contributed by atoms with E-state index in [4.69, 9.17) is 0 Å². The third-order valence-electron chi connectivity index (χ3n) is 5.25. The molecular weight excluding hydrogens is 370 g/mol. The second-order valence-corrected chi connectivity index (χ2v) is 7.46. The van der Waals surface area contributed by atoms with Crippen molar-refractivity contribution in [1.82, 2.24) is 19.4 Å². The molecule has 0 radical (unpaired) electrons. The summed E-state index contributed by atoms with van der Waals surface area (Å²) in [7, 11) is 0. The second kappa shape index (κ2) is 7.54. The zero-order valence-corrected chi connectivity index (χ0v) is 16.5. The molecule has 1 aromatic carbocycles. The Kier molecular flexibility index (Phi) is 4.92. The van der Waals surface area contributed by atoms with Gasteiger partial charge in [0.2, 0.25) is 5.56 Å². The van der Waals surface area contributed by atoms with E-state index >= 15 is 0 Å². The number of pyridine rings is 1. The molecule has 8 nitrogen and oxygen atoms in total. The number of nitrogens with one attached hydrogen (secondary N) is 1. The van der Waals surface area contributed by atoms with Crippen LogP contribution in [-0.4, -0.2) is 51.5 Å². The van der Waals surface area contributed by atoms with Crippen LogP contribution in [0, 0.1) is 0 Å². The SMILES string of the molecule is CC(C)n1cnc2cc(N3CCN(C(=O)c4cccc(=O)[nH]4)CC3)ccc2c1=O. The van der Waals surface area contributed by atoms with Crippen LogP contribution in [-0.2, 0) is 0 Å². The third kappa shape index (κ3) is 3.65. The van der Waals surface area contributed by atoms with Gasteiger partial charge in [-0.3, -0.25) is 19.0 Å². The molecule has 1 N–H and O–H groups in total. The Morgan fingerprint density at radius 1 is 1.07 bits per heavy atom. The van der Waals surface area contributed by atoms with Crippen LogP contribution in [0.2, 0.25) is 0 Å². The summed E-state index contributed by atoms with van der Waals surface area (Å²) in [5, 5.41) is 0.604.